The van der Waals surface area contributed by atoms with Crippen LogP contribution in [-0.2, 0) is 40.7 Å². The minimum absolute atomic E-state index is 0.0513. The molecule has 0 spiro atoms. The van der Waals surface area contributed by atoms with Crippen molar-refractivity contribution in [2.75, 3.05) is 0 Å². The van der Waals surface area contributed by atoms with E-state index in [4.69, 9.17) is 28.4 Å². The van der Waals surface area contributed by atoms with Crippen molar-refractivity contribution in [1.82, 2.24) is 9.80 Å². The number of imide groups is 2. The van der Waals surface area contributed by atoms with E-state index >= 15 is 28.8 Å². The standard InChI is InChI=1S/C92H102N2O12/c1-89(2,3)55-31-39-61(40-32-55)101-71-49-65-75-66(84(96)93(83(65)95)69(47-53-23-19-20-24-53)87(99)105-59-27-15-13-16-28-59)51-73(103-63-43-35-57(36-44-63)91(7,8)9)79-80-74(104-64-45-37-58(38-46-64)92(10,11)12)52-68-76-67(50-72(78(82(76)80)77(71)81(75)79)102-62-41-33-56(34-42-62)90(4,5)6)85(97)94(86(68)98)70(48-54-25-21-22-26-54)88(100)106-60-29-17-14-18-30-60/h31-46,49-54,59-60,69-70H,13-30,47-48H2,1-12H3. The van der Waals surface area contributed by atoms with E-state index in [1.807, 2.05) is 97.1 Å². The van der Waals surface area contributed by atoms with E-state index in [1.165, 1.54) is 0 Å². The van der Waals surface area contributed by atoms with E-state index in [2.05, 4.69) is 83.1 Å². The number of rotatable bonds is 18. The Morgan fingerprint density at radius 3 is 0.774 bits per heavy atom. The van der Waals surface area contributed by atoms with E-state index in [0.717, 1.165) is 122 Å². The van der Waals surface area contributed by atoms with Crippen LogP contribution in [0.2, 0.25) is 0 Å². The molecule has 2 atom stereocenters. The number of hydrogen-bond donors (Lipinski definition) is 0. The normalized spacial score (nSPS) is 18.0. The van der Waals surface area contributed by atoms with Crippen LogP contribution in [0.3, 0.4) is 0 Å². The number of esters is 2. The van der Waals surface area contributed by atoms with Gasteiger partial charge >= 0.3 is 11.9 Å². The molecule has 4 fully saturated rings. The van der Waals surface area contributed by atoms with Crippen LogP contribution in [0.1, 0.15) is 275 Å². The SMILES string of the molecule is CC(C)(C)c1ccc(Oc2cc3c4c(cc(Oc5ccc(C(C)(C)C)cc5)c5c6c(Oc7ccc(C(C)(C)C)cc7)cc7c8c(cc(Oc9ccc(C(C)(C)C)cc9)c(c2c45)c86)C(=O)N(C(CC2CCCC2)C(=O)OC2CCCCC2)C7=O)C(=O)N(C(CC2CCCC2)C(=O)OC2CCCCC2)C3=O)cc1. The molecular weight excluding hydrogens is 1330 g/mol. The lowest BCUT2D eigenvalue weighted by atomic mass is 9.80. The second kappa shape index (κ2) is 28.1. The number of fused-ring (bicyclic) bond motifs is 2. The van der Waals surface area contributed by atoms with E-state index in [1.54, 1.807) is 24.3 Å². The Morgan fingerprint density at radius 2 is 0.547 bits per heavy atom. The summed E-state index contributed by atoms with van der Waals surface area (Å²) in [4.78, 5) is 99.6. The average Bonchev–Trinajstić information content (AvgIpc) is 0.704. The van der Waals surface area contributed by atoms with Crippen LogP contribution < -0.4 is 18.9 Å². The Morgan fingerprint density at radius 1 is 0.321 bits per heavy atom. The highest BCUT2D eigenvalue weighted by Crippen LogP contribution is 2.59. The minimum Gasteiger partial charge on any atom is -0.461 e. The summed E-state index contributed by atoms with van der Waals surface area (Å²) in [6.07, 6.45) is 15.5. The number of benzene rings is 9. The van der Waals surface area contributed by atoms with Gasteiger partial charge in [-0.15, -0.1) is 0 Å². The largest absolute Gasteiger partial charge is 0.461 e. The molecule has 9 aromatic carbocycles. The topological polar surface area (TPSA) is 164 Å². The highest BCUT2D eigenvalue weighted by Gasteiger charge is 2.49. The first-order valence-corrected chi connectivity index (χ1v) is 39.2. The lowest BCUT2D eigenvalue weighted by molar-refractivity contribution is -0.156. The Kier molecular flexibility index (Phi) is 19.2. The van der Waals surface area contributed by atoms with Gasteiger partial charge < -0.3 is 28.4 Å². The minimum atomic E-state index is -1.27. The van der Waals surface area contributed by atoms with Crippen molar-refractivity contribution in [3.63, 3.8) is 0 Å². The molecule has 6 aliphatic rings. The molecule has 0 radical (unpaired) electrons. The summed E-state index contributed by atoms with van der Waals surface area (Å²) in [5.74, 6) is -1.51. The number of hydrogen-bond acceptors (Lipinski definition) is 12. The van der Waals surface area contributed by atoms with Gasteiger partial charge in [-0.25, -0.2) is 9.59 Å². The van der Waals surface area contributed by atoms with E-state index in [9.17, 15) is 0 Å². The fourth-order valence-corrected chi connectivity index (χ4v) is 17.6. The molecule has 0 saturated heterocycles. The van der Waals surface area contributed by atoms with Gasteiger partial charge in [0, 0.05) is 43.1 Å². The molecule has 2 aliphatic heterocycles. The third-order valence-corrected chi connectivity index (χ3v) is 23.7. The molecule has 4 amide bonds. The molecule has 4 aliphatic carbocycles. The predicted octanol–water partition coefficient (Wildman–Crippen LogP) is 22.9. The summed E-state index contributed by atoms with van der Waals surface area (Å²) >= 11 is 0. The number of amides is 4. The van der Waals surface area contributed by atoms with Gasteiger partial charge in [-0.1, -0.05) is 196 Å². The molecule has 9 aromatic rings. The number of carbonyl (C=O) groups is 6. The third kappa shape index (κ3) is 13.9. The van der Waals surface area contributed by atoms with Crippen molar-refractivity contribution < 1.29 is 57.2 Å². The van der Waals surface area contributed by atoms with Crippen molar-refractivity contribution >= 4 is 78.7 Å². The Bertz CT molecular complexity index is 4350. The van der Waals surface area contributed by atoms with Crippen molar-refractivity contribution in [3.05, 3.63) is 166 Å². The summed E-state index contributed by atoms with van der Waals surface area (Å²) < 4.78 is 42.7. The smallest absolute Gasteiger partial charge is 0.329 e. The van der Waals surface area contributed by atoms with Crippen LogP contribution in [0.15, 0.2) is 121 Å². The van der Waals surface area contributed by atoms with Gasteiger partial charge in [0.25, 0.3) is 23.6 Å². The van der Waals surface area contributed by atoms with Gasteiger partial charge in [0.05, 0.1) is 22.3 Å². The summed E-state index contributed by atoms with van der Waals surface area (Å²) in [6.45, 7) is 25.7. The molecule has 2 unspecified atom stereocenters. The molecular formula is C92H102N2O12. The van der Waals surface area contributed by atoms with Crippen LogP contribution in [0.4, 0.5) is 0 Å². The zero-order chi connectivity index (χ0) is 74.5. The van der Waals surface area contributed by atoms with E-state index in [0.29, 0.717) is 81.0 Å². The summed E-state index contributed by atoms with van der Waals surface area (Å²) in [5, 5.41) is 2.74. The molecule has 15 rings (SSSR count). The maximum absolute atomic E-state index is 16.7. The molecule has 106 heavy (non-hydrogen) atoms. The Balaban J connectivity index is 1.08. The summed E-state index contributed by atoms with van der Waals surface area (Å²) in [6, 6.07) is 35.6. The number of ether oxygens (including phenoxy) is 6. The Labute approximate surface area is 623 Å². The molecule has 4 saturated carbocycles. The highest BCUT2D eigenvalue weighted by molar-refractivity contribution is 6.45. The van der Waals surface area contributed by atoms with Crippen molar-refractivity contribution in [2.45, 2.75) is 257 Å². The fraction of sp³-hybridized carbons (Fsp3) is 0.457. The molecule has 2 heterocycles. The first-order valence-electron chi connectivity index (χ1n) is 39.2. The van der Waals surface area contributed by atoms with Crippen molar-refractivity contribution in [2.24, 2.45) is 11.8 Å². The van der Waals surface area contributed by atoms with Crippen LogP contribution >= 0.6 is 0 Å². The molecule has 14 heteroatoms. The zero-order valence-corrected chi connectivity index (χ0v) is 63.9. The summed E-state index contributed by atoms with van der Waals surface area (Å²) in [7, 11) is 0. The Hall–Kier alpha value is -9.30. The van der Waals surface area contributed by atoms with Crippen molar-refractivity contribution in [1.29, 1.82) is 0 Å². The molecule has 552 valence electrons. The molecule has 14 nitrogen and oxygen atoms in total. The number of carbonyl (C=O) groups excluding carboxylic acids is 6. The maximum Gasteiger partial charge on any atom is 0.329 e. The summed E-state index contributed by atoms with van der Waals surface area (Å²) in [5.41, 5.74) is 3.67. The first kappa shape index (κ1) is 72.3. The zero-order valence-electron chi connectivity index (χ0n) is 63.9. The second-order valence-corrected chi connectivity index (χ2v) is 35.4. The van der Waals surface area contributed by atoms with Gasteiger partial charge in [-0.05, 0) is 193 Å². The number of nitrogens with zero attached hydrogens (tertiary/aromatic N) is 2. The molecule has 0 bridgehead atoms. The molecule has 0 N–H and O–H groups in total. The fourth-order valence-electron chi connectivity index (χ4n) is 17.6. The van der Waals surface area contributed by atoms with Gasteiger partial charge in [0.15, 0.2) is 0 Å². The lowest BCUT2D eigenvalue weighted by Gasteiger charge is -2.37. The van der Waals surface area contributed by atoms with Crippen LogP contribution in [0.25, 0.3) is 43.1 Å². The molecule has 0 aromatic heterocycles. The van der Waals surface area contributed by atoms with Gasteiger partial charge in [-0.2, -0.15) is 0 Å². The monoisotopic (exact) mass is 1430 g/mol. The van der Waals surface area contributed by atoms with Crippen molar-refractivity contribution in [3.8, 4) is 46.0 Å². The highest BCUT2D eigenvalue weighted by atomic mass is 16.6. The second-order valence-electron chi connectivity index (χ2n) is 35.4. The van der Waals surface area contributed by atoms with Gasteiger partial charge in [0.1, 0.15) is 70.3 Å². The quantitative estimate of drug-likeness (QED) is 0.0346. The van der Waals surface area contributed by atoms with E-state index in [-0.39, 0.29) is 115 Å². The third-order valence-electron chi connectivity index (χ3n) is 23.7. The van der Waals surface area contributed by atoms with Crippen LogP contribution in [-0.4, -0.2) is 69.7 Å². The van der Waals surface area contributed by atoms with Gasteiger partial charge in [0.2, 0.25) is 0 Å². The van der Waals surface area contributed by atoms with E-state index < -0.39 is 47.7 Å². The average molecular weight is 1430 g/mol. The van der Waals surface area contributed by atoms with Crippen LogP contribution in [0.5, 0.6) is 46.0 Å². The van der Waals surface area contributed by atoms with Gasteiger partial charge in [-0.3, -0.25) is 29.0 Å². The lowest BCUT2D eigenvalue weighted by Crippen LogP contribution is -2.52. The van der Waals surface area contributed by atoms with Crippen LogP contribution in [0, 0.1) is 11.8 Å². The first-order chi connectivity index (χ1) is 50.5. The maximum atomic E-state index is 16.7. The predicted molar refractivity (Wildman–Crippen MR) is 416 cm³/mol.